The lowest BCUT2D eigenvalue weighted by molar-refractivity contribution is -0.138. The molecule has 0 saturated heterocycles. The number of carboxylic acids is 1. The van der Waals surface area contributed by atoms with Crippen molar-refractivity contribution in [3.63, 3.8) is 0 Å². The molecule has 0 aliphatic rings. The van der Waals surface area contributed by atoms with Crippen molar-refractivity contribution in [2.24, 2.45) is 0 Å². The molecule has 9 heteroatoms. The van der Waals surface area contributed by atoms with Crippen LogP contribution in [0, 0.1) is 0 Å². The second-order valence-electron chi connectivity index (χ2n) is 5.54. The molecule has 0 bridgehead atoms. The van der Waals surface area contributed by atoms with Crippen LogP contribution in [-0.4, -0.2) is 26.0 Å². The Morgan fingerprint density at radius 3 is 2.69 bits per heavy atom. The highest BCUT2D eigenvalue weighted by atomic mass is 19.4. The fourth-order valence-electron chi connectivity index (χ4n) is 2.54. The molecule has 0 amide bonds. The fourth-order valence-corrected chi connectivity index (χ4v) is 2.54. The quantitative estimate of drug-likeness (QED) is 0.743. The van der Waals surface area contributed by atoms with E-state index in [1.54, 1.807) is 0 Å². The van der Waals surface area contributed by atoms with Crippen molar-refractivity contribution in [1.29, 1.82) is 0 Å². The predicted octanol–water partition coefficient (Wildman–Crippen LogP) is 3.02. The van der Waals surface area contributed by atoms with Gasteiger partial charge in [-0.25, -0.2) is 4.98 Å². The second kappa shape index (κ2) is 6.58. The Balaban J connectivity index is 2.12. The number of hydrogen-bond donors (Lipinski definition) is 2. The maximum atomic E-state index is 13.2. The van der Waals surface area contributed by atoms with E-state index >= 15 is 0 Å². The van der Waals surface area contributed by atoms with Crippen molar-refractivity contribution in [3.05, 3.63) is 58.3 Å². The summed E-state index contributed by atoms with van der Waals surface area (Å²) < 4.78 is 39.6. The van der Waals surface area contributed by atoms with Crippen LogP contribution in [0.25, 0.3) is 22.2 Å². The zero-order valence-electron chi connectivity index (χ0n) is 13.2. The molecule has 3 rings (SSSR count). The van der Waals surface area contributed by atoms with Crippen LogP contribution in [0.2, 0.25) is 0 Å². The standard InChI is InChI=1S/C17H12F3N3O3/c18-17(19,20)11-2-1-7-21-15(11)9-3-4-10-12(8-9)22-13(23-16(10)26)5-6-14(24)25/h1-4,7-8H,5-6H2,(H,24,25)(H,22,23,26). The number of nitrogens with one attached hydrogen (secondary N) is 1. The Hall–Kier alpha value is -3.23. The highest BCUT2D eigenvalue weighted by molar-refractivity contribution is 5.83. The summed E-state index contributed by atoms with van der Waals surface area (Å²) in [6.45, 7) is 0. The van der Waals surface area contributed by atoms with E-state index in [9.17, 15) is 22.8 Å². The van der Waals surface area contributed by atoms with Crippen LogP contribution < -0.4 is 5.56 Å². The first kappa shape index (κ1) is 17.6. The van der Waals surface area contributed by atoms with Crippen LogP contribution in [0.5, 0.6) is 0 Å². The Bertz CT molecular complexity index is 1040. The molecule has 0 aliphatic carbocycles. The smallest absolute Gasteiger partial charge is 0.418 e. The minimum Gasteiger partial charge on any atom is -0.481 e. The van der Waals surface area contributed by atoms with Crippen molar-refractivity contribution >= 4 is 16.9 Å². The molecule has 0 fully saturated rings. The monoisotopic (exact) mass is 363 g/mol. The van der Waals surface area contributed by atoms with Crippen LogP contribution in [0.4, 0.5) is 13.2 Å². The van der Waals surface area contributed by atoms with Gasteiger partial charge in [0, 0.05) is 18.2 Å². The van der Waals surface area contributed by atoms with Gasteiger partial charge in [0.25, 0.3) is 5.56 Å². The van der Waals surface area contributed by atoms with E-state index in [0.717, 1.165) is 6.07 Å². The SMILES string of the molecule is O=C(O)CCc1nc2cc(-c3ncccc3C(F)(F)F)ccc2c(=O)[nH]1. The number of fused-ring (bicyclic) bond motifs is 1. The summed E-state index contributed by atoms with van der Waals surface area (Å²) in [5, 5.41) is 8.91. The molecule has 0 spiro atoms. The average Bonchev–Trinajstić information content (AvgIpc) is 2.59. The van der Waals surface area contributed by atoms with Crippen molar-refractivity contribution in [1.82, 2.24) is 15.0 Å². The van der Waals surface area contributed by atoms with Crippen molar-refractivity contribution < 1.29 is 23.1 Å². The van der Waals surface area contributed by atoms with E-state index in [4.69, 9.17) is 5.11 Å². The van der Waals surface area contributed by atoms with Gasteiger partial charge < -0.3 is 10.1 Å². The molecule has 134 valence electrons. The molecular weight excluding hydrogens is 351 g/mol. The summed E-state index contributed by atoms with van der Waals surface area (Å²) in [6, 6.07) is 6.20. The normalized spacial score (nSPS) is 11.7. The predicted molar refractivity (Wildman–Crippen MR) is 86.6 cm³/mol. The number of aromatic amines is 1. The number of aryl methyl sites for hydroxylation is 1. The van der Waals surface area contributed by atoms with Crippen LogP contribution in [0.3, 0.4) is 0 Å². The van der Waals surface area contributed by atoms with E-state index in [1.165, 1.54) is 30.5 Å². The fraction of sp³-hybridized carbons (Fsp3) is 0.176. The highest BCUT2D eigenvalue weighted by Gasteiger charge is 2.34. The maximum absolute atomic E-state index is 13.2. The number of carbonyl (C=O) groups is 1. The van der Waals surface area contributed by atoms with Crippen LogP contribution in [0.15, 0.2) is 41.3 Å². The molecule has 0 aliphatic heterocycles. The lowest BCUT2D eigenvalue weighted by Crippen LogP contribution is -2.13. The topological polar surface area (TPSA) is 95.9 Å². The van der Waals surface area contributed by atoms with E-state index in [-0.39, 0.29) is 40.8 Å². The van der Waals surface area contributed by atoms with Gasteiger partial charge in [0.05, 0.1) is 28.6 Å². The number of rotatable bonds is 4. The van der Waals surface area contributed by atoms with Crippen LogP contribution in [0.1, 0.15) is 17.8 Å². The number of benzene rings is 1. The molecule has 0 unspecified atom stereocenters. The first-order valence-corrected chi connectivity index (χ1v) is 7.53. The Labute approximate surface area is 144 Å². The van der Waals surface area contributed by atoms with Crippen molar-refractivity contribution in [2.75, 3.05) is 0 Å². The molecule has 2 N–H and O–H groups in total. The number of pyridine rings is 1. The lowest BCUT2D eigenvalue weighted by Gasteiger charge is -2.12. The lowest BCUT2D eigenvalue weighted by atomic mass is 10.0. The average molecular weight is 363 g/mol. The van der Waals surface area contributed by atoms with Gasteiger partial charge in [0.15, 0.2) is 0 Å². The summed E-state index contributed by atoms with van der Waals surface area (Å²) in [5.74, 6) is -0.899. The van der Waals surface area contributed by atoms with Gasteiger partial charge >= 0.3 is 12.1 Å². The molecule has 1 aromatic carbocycles. The zero-order valence-corrected chi connectivity index (χ0v) is 13.2. The largest absolute Gasteiger partial charge is 0.481 e. The number of aromatic nitrogens is 3. The number of carboxylic acid groups (broad SMARTS) is 1. The van der Waals surface area contributed by atoms with Crippen molar-refractivity contribution in [3.8, 4) is 11.3 Å². The Kier molecular flexibility index (Phi) is 4.45. The minimum absolute atomic E-state index is 0.00211. The van der Waals surface area contributed by atoms with E-state index in [2.05, 4.69) is 15.0 Å². The summed E-state index contributed by atoms with van der Waals surface area (Å²) in [7, 11) is 0. The van der Waals surface area contributed by atoms with E-state index < -0.39 is 23.3 Å². The minimum atomic E-state index is -4.58. The maximum Gasteiger partial charge on any atom is 0.418 e. The number of H-pyrrole nitrogens is 1. The van der Waals surface area contributed by atoms with Gasteiger partial charge in [0.2, 0.25) is 0 Å². The van der Waals surface area contributed by atoms with Gasteiger partial charge in [-0.15, -0.1) is 0 Å². The van der Waals surface area contributed by atoms with Crippen molar-refractivity contribution in [2.45, 2.75) is 19.0 Å². The van der Waals surface area contributed by atoms with Gasteiger partial charge in [0.1, 0.15) is 5.82 Å². The molecule has 0 radical (unpaired) electrons. The molecule has 0 saturated carbocycles. The number of halogens is 3. The van der Waals surface area contributed by atoms with Crippen LogP contribution >= 0.6 is 0 Å². The number of nitrogens with zero attached hydrogens (tertiary/aromatic N) is 2. The molecule has 3 aromatic rings. The third-order valence-corrected chi connectivity index (χ3v) is 3.72. The Morgan fingerprint density at radius 2 is 2.00 bits per heavy atom. The molecule has 6 nitrogen and oxygen atoms in total. The van der Waals surface area contributed by atoms with Gasteiger partial charge in [-0.05, 0) is 24.3 Å². The summed E-state index contributed by atoms with van der Waals surface area (Å²) in [6.07, 6.45) is -3.56. The van der Waals surface area contributed by atoms with E-state index in [1.807, 2.05) is 0 Å². The first-order valence-electron chi connectivity index (χ1n) is 7.53. The molecule has 2 heterocycles. The van der Waals surface area contributed by atoms with Gasteiger partial charge in [-0.3, -0.25) is 14.6 Å². The molecule has 0 atom stereocenters. The molecule has 26 heavy (non-hydrogen) atoms. The Morgan fingerprint density at radius 1 is 1.23 bits per heavy atom. The second-order valence-corrected chi connectivity index (χ2v) is 5.54. The third kappa shape index (κ3) is 3.56. The molecule has 2 aromatic heterocycles. The number of aliphatic carboxylic acids is 1. The highest BCUT2D eigenvalue weighted by Crippen LogP contribution is 2.36. The summed E-state index contributed by atoms with van der Waals surface area (Å²) in [5.41, 5.74) is -1.32. The summed E-state index contributed by atoms with van der Waals surface area (Å²) in [4.78, 5) is 33.2. The number of alkyl halides is 3. The first-order chi connectivity index (χ1) is 12.3. The van der Waals surface area contributed by atoms with Gasteiger partial charge in [-0.1, -0.05) is 6.07 Å². The third-order valence-electron chi connectivity index (χ3n) is 3.72. The molecular formula is C17H12F3N3O3. The summed E-state index contributed by atoms with van der Waals surface area (Å²) >= 11 is 0. The van der Waals surface area contributed by atoms with E-state index in [0.29, 0.717) is 0 Å². The van der Waals surface area contributed by atoms with Crippen LogP contribution in [-0.2, 0) is 17.4 Å². The number of hydrogen-bond acceptors (Lipinski definition) is 4. The zero-order chi connectivity index (χ0) is 18.9. The van der Waals surface area contributed by atoms with Gasteiger partial charge in [-0.2, -0.15) is 13.2 Å².